The summed E-state index contributed by atoms with van der Waals surface area (Å²) in [6.45, 7) is 0. The standard InChI is InChI=1S/C8H8BrNO/c9-5-4-7-2-1-3-8(6-7)10-11/h1-3,6H,4-5H2. The predicted octanol–water partition coefficient (Wildman–Crippen LogP) is 3.02. The molecule has 0 fully saturated rings. The highest BCUT2D eigenvalue weighted by Crippen LogP contribution is 2.13. The van der Waals surface area contributed by atoms with Crippen LogP contribution in [0.1, 0.15) is 5.56 Å². The van der Waals surface area contributed by atoms with Crippen molar-refractivity contribution in [1.82, 2.24) is 0 Å². The van der Waals surface area contributed by atoms with E-state index in [4.69, 9.17) is 0 Å². The maximum absolute atomic E-state index is 10.1. The molecule has 0 N–H and O–H groups in total. The second-order valence-electron chi connectivity index (χ2n) is 2.20. The van der Waals surface area contributed by atoms with Crippen molar-refractivity contribution in [3.8, 4) is 0 Å². The Morgan fingerprint density at radius 2 is 2.27 bits per heavy atom. The smallest absolute Gasteiger partial charge is 0.108 e. The summed E-state index contributed by atoms with van der Waals surface area (Å²) >= 11 is 3.32. The van der Waals surface area contributed by atoms with Gasteiger partial charge >= 0.3 is 0 Å². The van der Waals surface area contributed by atoms with Gasteiger partial charge in [-0.1, -0.05) is 28.1 Å². The molecule has 0 atom stereocenters. The lowest BCUT2D eigenvalue weighted by Crippen LogP contribution is -1.83. The van der Waals surface area contributed by atoms with Crippen molar-refractivity contribution in [1.29, 1.82) is 0 Å². The summed E-state index contributed by atoms with van der Waals surface area (Å²) in [6.07, 6.45) is 0.934. The maximum atomic E-state index is 10.1. The van der Waals surface area contributed by atoms with Crippen molar-refractivity contribution in [3.05, 3.63) is 34.7 Å². The summed E-state index contributed by atoms with van der Waals surface area (Å²) in [4.78, 5) is 10.1. The Balaban J connectivity index is 2.82. The van der Waals surface area contributed by atoms with Crippen LogP contribution in [-0.2, 0) is 6.42 Å². The van der Waals surface area contributed by atoms with E-state index < -0.39 is 0 Å². The fourth-order valence-electron chi connectivity index (χ4n) is 0.878. The quantitative estimate of drug-likeness (QED) is 0.561. The Kier molecular flexibility index (Phi) is 3.23. The van der Waals surface area contributed by atoms with E-state index in [-0.39, 0.29) is 0 Å². The van der Waals surface area contributed by atoms with Gasteiger partial charge in [-0.3, -0.25) is 0 Å². The molecule has 0 aromatic heterocycles. The number of benzene rings is 1. The molecule has 0 unspecified atom stereocenters. The van der Waals surface area contributed by atoms with Gasteiger partial charge in [-0.25, -0.2) is 0 Å². The van der Waals surface area contributed by atoms with E-state index in [0.29, 0.717) is 5.69 Å². The largest absolute Gasteiger partial charge is 0.145 e. The fraction of sp³-hybridized carbons (Fsp3) is 0.250. The zero-order chi connectivity index (χ0) is 8.10. The van der Waals surface area contributed by atoms with Gasteiger partial charge in [-0.2, -0.15) is 0 Å². The minimum Gasteiger partial charge on any atom is -0.145 e. The van der Waals surface area contributed by atoms with Gasteiger partial charge in [-0.05, 0) is 29.3 Å². The number of halogens is 1. The highest BCUT2D eigenvalue weighted by atomic mass is 79.9. The Labute approximate surface area is 73.7 Å². The topological polar surface area (TPSA) is 29.4 Å². The average Bonchev–Trinajstić information content (AvgIpc) is 2.06. The van der Waals surface area contributed by atoms with Crippen LogP contribution in [0.2, 0.25) is 0 Å². The van der Waals surface area contributed by atoms with Gasteiger partial charge in [0.15, 0.2) is 0 Å². The summed E-state index contributed by atoms with van der Waals surface area (Å²) < 4.78 is 0. The molecule has 0 bridgehead atoms. The van der Waals surface area contributed by atoms with Crippen molar-refractivity contribution in [2.75, 3.05) is 5.33 Å². The Morgan fingerprint density at radius 1 is 1.45 bits per heavy atom. The molecule has 0 aliphatic rings. The average molecular weight is 214 g/mol. The third-order valence-electron chi connectivity index (χ3n) is 1.40. The highest BCUT2D eigenvalue weighted by Gasteiger charge is 1.93. The molecule has 0 saturated heterocycles. The lowest BCUT2D eigenvalue weighted by molar-refractivity contribution is 1.17. The van der Waals surface area contributed by atoms with Gasteiger partial charge in [0, 0.05) is 5.33 Å². The SMILES string of the molecule is O=Nc1cccc(CCBr)c1. The minimum atomic E-state index is 0.503. The summed E-state index contributed by atoms with van der Waals surface area (Å²) in [5, 5.41) is 3.76. The van der Waals surface area contributed by atoms with Crippen LogP contribution in [0.15, 0.2) is 29.4 Å². The normalized spacial score (nSPS) is 9.55. The molecule has 58 valence electrons. The van der Waals surface area contributed by atoms with E-state index >= 15 is 0 Å². The number of nitroso groups, excluding NO2 is 1. The molecule has 0 heterocycles. The zero-order valence-corrected chi connectivity index (χ0v) is 7.54. The van der Waals surface area contributed by atoms with Crippen LogP contribution in [0, 0.1) is 4.91 Å². The molecular weight excluding hydrogens is 206 g/mol. The molecule has 0 aliphatic carbocycles. The zero-order valence-electron chi connectivity index (χ0n) is 5.96. The Bertz CT molecular complexity index is 250. The molecule has 1 aromatic carbocycles. The third kappa shape index (κ3) is 2.42. The monoisotopic (exact) mass is 213 g/mol. The lowest BCUT2D eigenvalue weighted by atomic mass is 10.1. The molecule has 11 heavy (non-hydrogen) atoms. The Morgan fingerprint density at radius 3 is 2.91 bits per heavy atom. The first-order valence-electron chi connectivity index (χ1n) is 3.35. The molecule has 1 rings (SSSR count). The van der Waals surface area contributed by atoms with Gasteiger partial charge in [-0.15, -0.1) is 4.91 Å². The first-order chi connectivity index (χ1) is 5.36. The van der Waals surface area contributed by atoms with Gasteiger partial charge < -0.3 is 0 Å². The van der Waals surface area contributed by atoms with E-state index in [2.05, 4.69) is 21.1 Å². The lowest BCUT2D eigenvalue weighted by Gasteiger charge is -1.95. The minimum absolute atomic E-state index is 0.503. The fourth-order valence-corrected chi connectivity index (χ4v) is 1.34. The molecule has 0 spiro atoms. The van der Waals surface area contributed by atoms with E-state index in [9.17, 15) is 4.91 Å². The van der Waals surface area contributed by atoms with Crippen molar-refractivity contribution >= 4 is 21.6 Å². The molecule has 3 heteroatoms. The van der Waals surface area contributed by atoms with Crippen LogP contribution in [0.25, 0.3) is 0 Å². The molecule has 1 aromatic rings. The number of alkyl halides is 1. The van der Waals surface area contributed by atoms with E-state index in [1.54, 1.807) is 12.1 Å². The first kappa shape index (κ1) is 8.40. The maximum Gasteiger partial charge on any atom is 0.108 e. The Hall–Kier alpha value is -0.700. The van der Waals surface area contributed by atoms with E-state index in [1.807, 2.05) is 12.1 Å². The third-order valence-corrected chi connectivity index (χ3v) is 1.80. The second kappa shape index (κ2) is 4.23. The number of nitrogens with zero attached hydrogens (tertiary/aromatic N) is 1. The second-order valence-corrected chi connectivity index (χ2v) is 2.99. The molecule has 0 amide bonds. The van der Waals surface area contributed by atoms with Crippen LogP contribution < -0.4 is 0 Å². The van der Waals surface area contributed by atoms with Crippen molar-refractivity contribution in [2.45, 2.75) is 6.42 Å². The predicted molar refractivity (Wildman–Crippen MR) is 49.4 cm³/mol. The number of aryl methyl sites for hydroxylation is 1. The summed E-state index contributed by atoms with van der Waals surface area (Å²) in [5.41, 5.74) is 1.64. The van der Waals surface area contributed by atoms with Crippen LogP contribution in [0.4, 0.5) is 5.69 Å². The van der Waals surface area contributed by atoms with Gasteiger partial charge in [0.25, 0.3) is 0 Å². The summed E-state index contributed by atoms with van der Waals surface area (Å²) in [6, 6.07) is 7.32. The van der Waals surface area contributed by atoms with E-state index in [1.165, 1.54) is 0 Å². The van der Waals surface area contributed by atoms with Gasteiger partial charge in [0.2, 0.25) is 0 Å². The number of rotatable bonds is 3. The van der Waals surface area contributed by atoms with Crippen LogP contribution in [0.5, 0.6) is 0 Å². The highest BCUT2D eigenvalue weighted by molar-refractivity contribution is 9.09. The molecule has 0 aliphatic heterocycles. The molecule has 0 saturated carbocycles. The first-order valence-corrected chi connectivity index (χ1v) is 4.47. The van der Waals surface area contributed by atoms with Crippen molar-refractivity contribution < 1.29 is 0 Å². The molecule has 0 radical (unpaired) electrons. The van der Waals surface area contributed by atoms with Gasteiger partial charge in [0.1, 0.15) is 5.69 Å². The van der Waals surface area contributed by atoms with Crippen LogP contribution >= 0.6 is 15.9 Å². The number of hydrogen-bond acceptors (Lipinski definition) is 2. The summed E-state index contributed by atoms with van der Waals surface area (Å²) in [5.74, 6) is 0. The molecular formula is C8H8BrNO. The van der Waals surface area contributed by atoms with Crippen LogP contribution in [0.3, 0.4) is 0 Å². The van der Waals surface area contributed by atoms with Crippen LogP contribution in [-0.4, -0.2) is 5.33 Å². The van der Waals surface area contributed by atoms with Gasteiger partial charge in [0.05, 0.1) is 0 Å². The van der Waals surface area contributed by atoms with Crippen molar-refractivity contribution in [3.63, 3.8) is 0 Å². The number of hydrogen-bond donors (Lipinski definition) is 0. The van der Waals surface area contributed by atoms with E-state index in [0.717, 1.165) is 17.3 Å². The summed E-state index contributed by atoms with van der Waals surface area (Å²) in [7, 11) is 0. The van der Waals surface area contributed by atoms with Crippen molar-refractivity contribution in [2.24, 2.45) is 5.18 Å². The molecule has 2 nitrogen and oxygen atoms in total.